The summed E-state index contributed by atoms with van der Waals surface area (Å²) < 4.78 is 18.6. The number of rotatable bonds is 3. The van der Waals surface area contributed by atoms with Gasteiger partial charge in [-0.3, -0.25) is 9.78 Å². The van der Waals surface area contributed by atoms with Crippen molar-refractivity contribution in [1.29, 1.82) is 0 Å². The van der Waals surface area contributed by atoms with E-state index in [2.05, 4.69) is 9.97 Å². The molecular weight excluding hydrogens is 285 g/mol. The van der Waals surface area contributed by atoms with Crippen LogP contribution >= 0.6 is 0 Å². The second-order valence-corrected chi connectivity index (χ2v) is 5.17. The fraction of sp³-hybridized carbons (Fsp3) is 0.312. The highest BCUT2D eigenvalue weighted by Crippen LogP contribution is 2.14. The Morgan fingerprint density at radius 3 is 2.86 bits per heavy atom. The highest BCUT2D eigenvalue weighted by molar-refractivity contribution is 5.92. The summed E-state index contributed by atoms with van der Waals surface area (Å²) in [5, 5.41) is 0. The van der Waals surface area contributed by atoms with Crippen molar-refractivity contribution in [3.8, 4) is 0 Å². The highest BCUT2D eigenvalue weighted by Gasteiger charge is 2.25. The number of hydrogen-bond donors (Lipinski definition) is 0. The predicted octanol–water partition coefficient (Wildman–Crippen LogP) is 1.70. The third-order valence-electron chi connectivity index (χ3n) is 3.58. The molecule has 1 saturated heterocycles. The van der Waals surface area contributed by atoms with Crippen LogP contribution in [0.25, 0.3) is 0 Å². The van der Waals surface area contributed by atoms with Gasteiger partial charge >= 0.3 is 0 Å². The van der Waals surface area contributed by atoms with Gasteiger partial charge in [0.25, 0.3) is 5.91 Å². The Morgan fingerprint density at radius 2 is 2.14 bits per heavy atom. The van der Waals surface area contributed by atoms with Gasteiger partial charge in [-0.2, -0.15) is 0 Å². The maximum Gasteiger partial charge on any atom is 0.274 e. The van der Waals surface area contributed by atoms with Crippen molar-refractivity contribution in [3.63, 3.8) is 0 Å². The lowest BCUT2D eigenvalue weighted by molar-refractivity contribution is -0.0210. The summed E-state index contributed by atoms with van der Waals surface area (Å²) >= 11 is 0. The van der Waals surface area contributed by atoms with E-state index in [9.17, 15) is 9.18 Å². The summed E-state index contributed by atoms with van der Waals surface area (Å²) in [6.07, 6.45) is 5.05. The van der Waals surface area contributed by atoms with Gasteiger partial charge in [0, 0.05) is 31.9 Å². The van der Waals surface area contributed by atoms with Gasteiger partial charge in [-0.05, 0) is 17.7 Å². The normalized spacial score (nSPS) is 18.2. The summed E-state index contributed by atoms with van der Waals surface area (Å²) in [5.74, 6) is -0.395. The van der Waals surface area contributed by atoms with Crippen LogP contribution in [0.1, 0.15) is 16.1 Å². The molecule has 1 aromatic heterocycles. The minimum Gasteiger partial charge on any atom is -0.374 e. The molecule has 0 radical (unpaired) electrons. The van der Waals surface area contributed by atoms with E-state index >= 15 is 0 Å². The molecular formula is C16H16FN3O2. The van der Waals surface area contributed by atoms with Crippen molar-refractivity contribution in [2.45, 2.75) is 12.5 Å². The van der Waals surface area contributed by atoms with Crippen LogP contribution in [0.5, 0.6) is 0 Å². The van der Waals surface area contributed by atoms with Crippen molar-refractivity contribution in [2.24, 2.45) is 0 Å². The van der Waals surface area contributed by atoms with Crippen molar-refractivity contribution in [3.05, 3.63) is 59.9 Å². The van der Waals surface area contributed by atoms with Crippen molar-refractivity contribution >= 4 is 5.91 Å². The average Bonchev–Trinajstić information content (AvgIpc) is 2.57. The maximum absolute atomic E-state index is 12.9. The van der Waals surface area contributed by atoms with Crippen LogP contribution in [0.15, 0.2) is 42.9 Å². The Hall–Kier alpha value is -2.34. The lowest BCUT2D eigenvalue weighted by Crippen LogP contribution is -2.46. The molecule has 114 valence electrons. The first-order valence-electron chi connectivity index (χ1n) is 7.14. The number of carbonyl (C=O) groups excluding carboxylic acids is 1. The number of halogens is 1. The molecule has 1 fully saturated rings. The molecule has 1 atom stereocenters. The third-order valence-corrected chi connectivity index (χ3v) is 3.58. The molecule has 0 saturated carbocycles. The van der Waals surface area contributed by atoms with Gasteiger partial charge in [-0.15, -0.1) is 0 Å². The van der Waals surface area contributed by atoms with Crippen LogP contribution in [0.2, 0.25) is 0 Å². The summed E-state index contributed by atoms with van der Waals surface area (Å²) in [6, 6.07) is 6.34. The largest absolute Gasteiger partial charge is 0.374 e. The molecule has 5 nitrogen and oxygen atoms in total. The second kappa shape index (κ2) is 6.62. The van der Waals surface area contributed by atoms with Gasteiger partial charge in [0.15, 0.2) is 0 Å². The molecule has 0 N–H and O–H groups in total. The zero-order chi connectivity index (χ0) is 15.4. The van der Waals surface area contributed by atoms with Gasteiger partial charge < -0.3 is 9.64 Å². The SMILES string of the molecule is O=C(c1cnccn1)N1CCOC(Cc2ccc(F)cc2)C1. The van der Waals surface area contributed by atoms with Gasteiger partial charge in [0.2, 0.25) is 0 Å². The zero-order valence-corrected chi connectivity index (χ0v) is 12.0. The van der Waals surface area contributed by atoms with Gasteiger partial charge in [0.05, 0.1) is 18.9 Å². The molecule has 2 aromatic rings. The van der Waals surface area contributed by atoms with Gasteiger partial charge in [-0.1, -0.05) is 12.1 Å². The molecule has 0 spiro atoms. The van der Waals surface area contributed by atoms with Crippen molar-refractivity contribution < 1.29 is 13.9 Å². The molecule has 1 unspecified atom stereocenters. The predicted molar refractivity (Wildman–Crippen MR) is 77.8 cm³/mol. The molecule has 3 rings (SSSR count). The van der Waals surface area contributed by atoms with Crippen molar-refractivity contribution in [1.82, 2.24) is 14.9 Å². The number of carbonyl (C=O) groups is 1. The van der Waals surface area contributed by atoms with E-state index < -0.39 is 0 Å². The number of hydrogen-bond acceptors (Lipinski definition) is 4. The lowest BCUT2D eigenvalue weighted by atomic mass is 10.1. The summed E-state index contributed by atoms with van der Waals surface area (Å²) in [4.78, 5) is 22.0. The maximum atomic E-state index is 12.9. The van der Waals surface area contributed by atoms with E-state index in [-0.39, 0.29) is 17.8 Å². The van der Waals surface area contributed by atoms with Crippen LogP contribution in [0.4, 0.5) is 4.39 Å². The smallest absolute Gasteiger partial charge is 0.274 e. The minimum absolute atomic E-state index is 0.0974. The standard InChI is InChI=1S/C16H16FN3O2/c17-13-3-1-12(2-4-13)9-14-11-20(7-8-22-14)16(21)15-10-18-5-6-19-15/h1-6,10,14H,7-9,11H2. The fourth-order valence-corrected chi connectivity index (χ4v) is 2.48. The minimum atomic E-state index is -0.257. The molecule has 0 bridgehead atoms. The number of ether oxygens (including phenoxy) is 1. The number of amides is 1. The van der Waals surface area contributed by atoms with Gasteiger partial charge in [-0.25, -0.2) is 9.37 Å². The second-order valence-electron chi connectivity index (χ2n) is 5.17. The Bertz CT molecular complexity index is 634. The van der Waals surface area contributed by atoms with E-state index in [1.165, 1.54) is 30.7 Å². The first-order valence-corrected chi connectivity index (χ1v) is 7.14. The first kappa shape index (κ1) is 14.6. The quantitative estimate of drug-likeness (QED) is 0.866. The molecule has 1 amide bonds. The van der Waals surface area contributed by atoms with E-state index in [4.69, 9.17) is 4.74 Å². The van der Waals surface area contributed by atoms with E-state index in [1.807, 2.05) is 0 Å². The van der Waals surface area contributed by atoms with Crippen LogP contribution in [-0.4, -0.2) is 46.6 Å². The first-order chi connectivity index (χ1) is 10.7. The van der Waals surface area contributed by atoms with Gasteiger partial charge in [0.1, 0.15) is 11.5 Å². The topological polar surface area (TPSA) is 55.3 Å². The Morgan fingerprint density at radius 1 is 1.32 bits per heavy atom. The average molecular weight is 301 g/mol. The molecule has 22 heavy (non-hydrogen) atoms. The zero-order valence-electron chi connectivity index (χ0n) is 12.0. The molecule has 1 aliphatic heterocycles. The monoisotopic (exact) mass is 301 g/mol. The van der Waals surface area contributed by atoms with Crippen LogP contribution in [0.3, 0.4) is 0 Å². The summed E-state index contributed by atoms with van der Waals surface area (Å²) in [7, 11) is 0. The van der Waals surface area contributed by atoms with E-state index in [0.717, 1.165) is 5.56 Å². The lowest BCUT2D eigenvalue weighted by Gasteiger charge is -2.32. The molecule has 1 aliphatic rings. The molecule has 1 aromatic carbocycles. The number of nitrogens with zero attached hydrogens (tertiary/aromatic N) is 3. The van der Waals surface area contributed by atoms with Crippen LogP contribution in [-0.2, 0) is 11.2 Å². The highest BCUT2D eigenvalue weighted by atomic mass is 19.1. The fourth-order valence-electron chi connectivity index (χ4n) is 2.48. The number of aromatic nitrogens is 2. The third kappa shape index (κ3) is 3.46. The van der Waals surface area contributed by atoms with Crippen molar-refractivity contribution in [2.75, 3.05) is 19.7 Å². The molecule has 6 heteroatoms. The summed E-state index contributed by atoms with van der Waals surface area (Å²) in [6.45, 7) is 1.51. The van der Waals surface area contributed by atoms with E-state index in [0.29, 0.717) is 31.8 Å². The van der Waals surface area contributed by atoms with E-state index in [1.54, 1.807) is 17.0 Å². The Labute approximate surface area is 127 Å². The number of morpholine rings is 1. The molecule has 2 heterocycles. The Balaban J connectivity index is 1.64. The van der Waals surface area contributed by atoms with Crippen LogP contribution in [0, 0.1) is 5.82 Å². The number of benzene rings is 1. The Kier molecular flexibility index (Phi) is 4.39. The summed E-state index contributed by atoms with van der Waals surface area (Å²) in [5.41, 5.74) is 1.32. The van der Waals surface area contributed by atoms with Crippen LogP contribution < -0.4 is 0 Å². The molecule has 0 aliphatic carbocycles.